The highest BCUT2D eigenvalue weighted by Gasteiger charge is 1.98. The van der Waals surface area contributed by atoms with Crippen molar-refractivity contribution in [1.82, 2.24) is 0 Å². The van der Waals surface area contributed by atoms with Gasteiger partial charge in [-0.25, -0.2) is 0 Å². The lowest BCUT2D eigenvalue weighted by atomic mass is 10.1. The van der Waals surface area contributed by atoms with Crippen molar-refractivity contribution < 1.29 is 4.74 Å². The van der Waals surface area contributed by atoms with Gasteiger partial charge in [0, 0.05) is 6.07 Å². The molecule has 0 aliphatic rings. The van der Waals surface area contributed by atoms with E-state index in [0.717, 1.165) is 25.2 Å². The van der Waals surface area contributed by atoms with Gasteiger partial charge in [-0.3, -0.25) is 0 Å². The highest BCUT2D eigenvalue weighted by Crippen LogP contribution is 2.15. The molecule has 0 saturated heterocycles. The van der Waals surface area contributed by atoms with E-state index in [1.165, 1.54) is 50.5 Å². The predicted octanol–water partition coefficient (Wildman–Crippen LogP) is 6.57. The fourth-order valence-corrected chi connectivity index (χ4v) is 2.17. The molecule has 0 aliphatic heterocycles. The lowest BCUT2D eigenvalue weighted by Gasteiger charge is -2.07. The van der Waals surface area contributed by atoms with Crippen LogP contribution in [-0.2, 0) is 6.42 Å². The third-order valence-corrected chi connectivity index (χ3v) is 3.41. The zero-order valence-electron chi connectivity index (χ0n) is 14.2. The minimum Gasteiger partial charge on any atom is -0.493 e. The SMILES string of the molecule is CCCCCCCCOc1[c]ccc(CCCC)c1.[Cl][Mg][Cl]. The molecule has 0 fully saturated rings. The average molecular weight is 357 g/mol. The van der Waals surface area contributed by atoms with Crippen molar-refractivity contribution in [2.45, 2.75) is 71.6 Å². The Morgan fingerprint density at radius 3 is 2.32 bits per heavy atom. The first-order chi connectivity index (χ1) is 10.8. The summed E-state index contributed by atoms with van der Waals surface area (Å²) in [7, 11) is 9.81. The average Bonchev–Trinajstić information content (AvgIpc) is 2.53. The number of hydrogen-bond donors (Lipinski definition) is 0. The van der Waals surface area contributed by atoms with Crippen LogP contribution < -0.4 is 4.74 Å². The number of rotatable bonds is 11. The van der Waals surface area contributed by atoms with Gasteiger partial charge in [0.1, 0.15) is 5.75 Å². The Labute approximate surface area is 154 Å². The first-order valence-corrected chi connectivity index (χ1v) is 12.8. The number of halogens is 2. The second-order valence-corrected chi connectivity index (χ2v) is 8.01. The lowest BCUT2D eigenvalue weighted by molar-refractivity contribution is 0.303. The summed E-state index contributed by atoms with van der Waals surface area (Å²) in [6, 6.07) is 9.45. The third kappa shape index (κ3) is 14.0. The molecule has 4 heteroatoms. The minimum absolute atomic E-state index is 0.639. The van der Waals surface area contributed by atoms with Crippen LogP contribution in [0, 0.1) is 6.07 Å². The quantitative estimate of drug-likeness (QED) is 0.322. The molecule has 1 aromatic carbocycles. The zero-order valence-corrected chi connectivity index (χ0v) is 17.1. The maximum Gasteiger partial charge on any atom is 0.618 e. The monoisotopic (exact) mass is 355 g/mol. The van der Waals surface area contributed by atoms with Crippen molar-refractivity contribution in [1.29, 1.82) is 0 Å². The molecule has 0 aromatic heterocycles. The van der Waals surface area contributed by atoms with Gasteiger partial charge < -0.3 is 22.9 Å². The van der Waals surface area contributed by atoms with E-state index in [4.69, 9.17) is 22.9 Å². The number of ether oxygens (including phenoxy) is 1. The van der Waals surface area contributed by atoms with Gasteiger partial charge in [0.2, 0.25) is 0 Å². The molecular formula is C18H29Cl2MgO. The van der Waals surface area contributed by atoms with Gasteiger partial charge in [-0.1, -0.05) is 64.5 Å². The molecule has 0 bridgehead atoms. The highest BCUT2D eigenvalue weighted by molar-refractivity contribution is 7.22. The fraction of sp³-hybridized carbons (Fsp3) is 0.667. The molecule has 1 radical (unpaired) electrons. The van der Waals surface area contributed by atoms with Crippen LogP contribution in [-0.4, -0.2) is 24.8 Å². The summed E-state index contributed by atoms with van der Waals surface area (Å²) in [4.78, 5) is 0. The molecule has 0 saturated carbocycles. The second kappa shape index (κ2) is 17.7. The summed E-state index contributed by atoms with van der Waals surface area (Å²) in [6.07, 6.45) is 11.5. The molecule has 1 rings (SSSR count). The van der Waals surface area contributed by atoms with Crippen LogP contribution in [0.2, 0.25) is 0 Å². The van der Waals surface area contributed by atoms with Crippen molar-refractivity contribution in [2.75, 3.05) is 6.61 Å². The minimum atomic E-state index is -0.639. The second-order valence-electron chi connectivity index (χ2n) is 5.38. The normalized spacial score (nSPS) is 9.64. The van der Waals surface area contributed by atoms with Gasteiger partial charge in [-0.15, -0.1) is 0 Å². The van der Waals surface area contributed by atoms with Gasteiger partial charge in [-0.2, -0.15) is 0 Å². The van der Waals surface area contributed by atoms with E-state index in [1.54, 1.807) is 0 Å². The van der Waals surface area contributed by atoms with Gasteiger partial charge in [0.05, 0.1) is 6.61 Å². The molecule has 0 unspecified atom stereocenters. The summed E-state index contributed by atoms with van der Waals surface area (Å²) in [5.74, 6) is 0.919. The molecule has 0 atom stereocenters. The van der Waals surface area contributed by atoms with Crippen LogP contribution in [0.15, 0.2) is 18.2 Å². The molecular weight excluding hydrogens is 327 g/mol. The van der Waals surface area contributed by atoms with E-state index in [2.05, 4.69) is 32.0 Å². The molecule has 1 aromatic rings. The lowest BCUT2D eigenvalue weighted by Crippen LogP contribution is -1.98. The van der Waals surface area contributed by atoms with E-state index >= 15 is 0 Å². The van der Waals surface area contributed by atoms with Crippen LogP contribution in [0.4, 0.5) is 0 Å². The molecule has 0 aliphatic carbocycles. The largest absolute Gasteiger partial charge is 0.618 e. The molecule has 0 N–H and O–H groups in total. The summed E-state index contributed by atoms with van der Waals surface area (Å²) in [6.45, 7) is 5.31. The van der Waals surface area contributed by atoms with E-state index in [1.807, 2.05) is 6.07 Å². The molecule has 22 heavy (non-hydrogen) atoms. The van der Waals surface area contributed by atoms with Crippen LogP contribution in [0.5, 0.6) is 5.75 Å². The maximum absolute atomic E-state index is 5.78. The van der Waals surface area contributed by atoms with Crippen LogP contribution in [0.25, 0.3) is 0 Å². The first kappa shape index (κ1) is 22.4. The number of hydrogen-bond acceptors (Lipinski definition) is 1. The van der Waals surface area contributed by atoms with Crippen molar-refractivity contribution in [3.8, 4) is 5.75 Å². The molecule has 123 valence electrons. The Kier molecular flexibility index (Phi) is 18.0. The number of unbranched alkanes of at least 4 members (excludes halogenated alkanes) is 6. The molecule has 0 heterocycles. The van der Waals surface area contributed by atoms with Gasteiger partial charge in [0.25, 0.3) is 0 Å². The standard InChI is InChI=1S/C18H29O.2ClH.Mg/c1-3-5-7-8-9-10-15-19-18-14-11-13-17(16-18)12-6-4-2;;;/h11,13,16H,3-10,12,15H2,1-2H3;2*1H;/q;;;+2/p-2. The summed E-state index contributed by atoms with van der Waals surface area (Å²) in [5, 5.41) is 0. The van der Waals surface area contributed by atoms with Crippen molar-refractivity contribution in [3.63, 3.8) is 0 Å². The Balaban J connectivity index is 0.00000135. The summed E-state index contributed by atoms with van der Waals surface area (Å²) in [5.41, 5.74) is 1.37. The van der Waals surface area contributed by atoms with E-state index < -0.39 is 18.2 Å². The number of benzene rings is 1. The van der Waals surface area contributed by atoms with Crippen LogP contribution >= 0.6 is 18.1 Å². The van der Waals surface area contributed by atoms with Gasteiger partial charge in [-0.05, 0) is 30.9 Å². The van der Waals surface area contributed by atoms with Gasteiger partial charge >= 0.3 is 18.2 Å². The van der Waals surface area contributed by atoms with Gasteiger partial charge in [0.15, 0.2) is 0 Å². The maximum atomic E-state index is 5.78. The fourth-order valence-electron chi connectivity index (χ4n) is 2.17. The highest BCUT2D eigenvalue weighted by atomic mass is 35.6. The van der Waals surface area contributed by atoms with E-state index in [-0.39, 0.29) is 0 Å². The Morgan fingerprint density at radius 1 is 1.00 bits per heavy atom. The van der Waals surface area contributed by atoms with Crippen molar-refractivity contribution >= 4 is 36.3 Å². The van der Waals surface area contributed by atoms with E-state index in [0.29, 0.717) is 0 Å². The van der Waals surface area contributed by atoms with Crippen LogP contribution in [0.3, 0.4) is 0 Å². The Morgan fingerprint density at radius 2 is 1.64 bits per heavy atom. The molecule has 1 nitrogen and oxygen atoms in total. The summed E-state index contributed by atoms with van der Waals surface area (Å²) < 4.78 is 5.78. The Bertz CT molecular complexity index is 348. The molecule has 0 spiro atoms. The topological polar surface area (TPSA) is 9.23 Å². The predicted molar refractivity (Wildman–Crippen MR) is 100 cm³/mol. The first-order valence-electron chi connectivity index (χ1n) is 8.53. The van der Waals surface area contributed by atoms with Crippen molar-refractivity contribution in [2.24, 2.45) is 0 Å². The van der Waals surface area contributed by atoms with Crippen molar-refractivity contribution in [3.05, 3.63) is 29.8 Å². The zero-order chi connectivity index (χ0) is 16.5. The summed E-state index contributed by atoms with van der Waals surface area (Å²) >= 11 is -0.639. The van der Waals surface area contributed by atoms with Crippen LogP contribution in [0.1, 0.15) is 70.8 Å². The smallest absolute Gasteiger partial charge is 0.493 e. The number of aryl methyl sites for hydroxylation is 1. The van der Waals surface area contributed by atoms with E-state index in [9.17, 15) is 0 Å². The third-order valence-electron chi connectivity index (χ3n) is 3.41. The Hall–Kier alpha value is 0.366. The molecule has 0 amide bonds.